The molecule has 6 heteroatoms. The van der Waals surface area contributed by atoms with E-state index in [0.717, 1.165) is 16.5 Å². The van der Waals surface area contributed by atoms with Gasteiger partial charge in [0.05, 0.1) is 10.0 Å². The highest BCUT2D eigenvalue weighted by Gasteiger charge is 2.09. The van der Waals surface area contributed by atoms with E-state index in [0.29, 0.717) is 28.6 Å². The van der Waals surface area contributed by atoms with E-state index >= 15 is 0 Å². The highest BCUT2D eigenvalue weighted by Crippen LogP contribution is 2.22. The first-order valence-corrected chi connectivity index (χ1v) is 7.79. The molecular weight excluding hydrogens is 338 g/mol. The first kappa shape index (κ1) is 15.8. The van der Waals surface area contributed by atoms with Crippen molar-refractivity contribution < 1.29 is 9.18 Å². The lowest BCUT2D eigenvalue weighted by Gasteiger charge is -2.06. The van der Waals surface area contributed by atoms with Crippen LogP contribution in [0.25, 0.3) is 10.9 Å². The van der Waals surface area contributed by atoms with E-state index in [1.165, 1.54) is 18.2 Å². The second-order valence-corrected chi connectivity index (χ2v) is 5.95. The van der Waals surface area contributed by atoms with Gasteiger partial charge in [-0.05, 0) is 48.4 Å². The lowest BCUT2D eigenvalue weighted by atomic mass is 10.1. The van der Waals surface area contributed by atoms with Crippen LogP contribution in [0.15, 0.2) is 42.6 Å². The summed E-state index contributed by atoms with van der Waals surface area (Å²) in [6.07, 6.45) is 2.47. The number of hydrogen-bond donors (Lipinski definition) is 2. The van der Waals surface area contributed by atoms with Crippen LogP contribution in [0, 0.1) is 5.82 Å². The molecule has 2 aromatic carbocycles. The van der Waals surface area contributed by atoms with Gasteiger partial charge in [-0.2, -0.15) is 0 Å². The highest BCUT2D eigenvalue weighted by atomic mass is 35.5. The minimum absolute atomic E-state index is 0.213. The quantitative estimate of drug-likeness (QED) is 0.710. The third-order valence-electron chi connectivity index (χ3n) is 3.59. The predicted octanol–water partition coefficient (Wildman–Crippen LogP) is 4.59. The highest BCUT2D eigenvalue weighted by molar-refractivity contribution is 6.42. The Kier molecular flexibility index (Phi) is 4.55. The number of H-pyrrole nitrogens is 1. The summed E-state index contributed by atoms with van der Waals surface area (Å²) in [4.78, 5) is 15.1. The molecule has 0 saturated heterocycles. The number of amides is 1. The molecule has 0 fully saturated rings. The van der Waals surface area contributed by atoms with Gasteiger partial charge in [-0.15, -0.1) is 0 Å². The number of aromatic nitrogens is 1. The summed E-state index contributed by atoms with van der Waals surface area (Å²) in [5, 5.41) is 4.54. The Hall–Kier alpha value is -2.04. The van der Waals surface area contributed by atoms with Crippen molar-refractivity contribution in [2.75, 3.05) is 6.54 Å². The van der Waals surface area contributed by atoms with E-state index in [4.69, 9.17) is 23.2 Å². The van der Waals surface area contributed by atoms with Crippen LogP contribution in [0.4, 0.5) is 4.39 Å². The Labute approximate surface area is 142 Å². The van der Waals surface area contributed by atoms with Crippen molar-refractivity contribution in [3.8, 4) is 0 Å². The van der Waals surface area contributed by atoms with Gasteiger partial charge in [0.25, 0.3) is 5.91 Å². The first-order valence-electron chi connectivity index (χ1n) is 7.03. The van der Waals surface area contributed by atoms with Crippen molar-refractivity contribution in [2.24, 2.45) is 0 Å². The van der Waals surface area contributed by atoms with Gasteiger partial charge < -0.3 is 10.3 Å². The van der Waals surface area contributed by atoms with Gasteiger partial charge in [-0.3, -0.25) is 4.79 Å². The number of aromatic amines is 1. The van der Waals surface area contributed by atoms with Crippen molar-refractivity contribution in [1.82, 2.24) is 10.3 Å². The summed E-state index contributed by atoms with van der Waals surface area (Å²) in [6, 6.07) is 9.36. The summed E-state index contributed by atoms with van der Waals surface area (Å²) in [6.45, 7) is 0.462. The number of halogens is 3. The Bertz CT molecular complexity index is 876. The first-order chi connectivity index (χ1) is 11.0. The Morgan fingerprint density at radius 2 is 1.96 bits per heavy atom. The number of carbonyl (C=O) groups excluding carboxylic acids is 1. The zero-order chi connectivity index (χ0) is 16.4. The molecule has 3 nitrogen and oxygen atoms in total. The molecule has 23 heavy (non-hydrogen) atoms. The van der Waals surface area contributed by atoms with E-state index in [2.05, 4.69) is 10.3 Å². The fourth-order valence-corrected chi connectivity index (χ4v) is 2.71. The Balaban J connectivity index is 1.64. The average Bonchev–Trinajstić information content (AvgIpc) is 2.92. The average molecular weight is 351 g/mol. The molecule has 3 aromatic rings. The van der Waals surface area contributed by atoms with Crippen molar-refractivity contribution >= 4 is 40.0 Å². The lowest BCUT2D eigenvalue weighted by Crippen LogP contribution is -2.25. The molecule has 1 aromatic heterocycles. The fourth-order valence-electron chi connectivity index (χ4n) is 2.42. The Morgan fingerprint density at radius 1 is 1.13 bits per heavy atom. The number of benzene rings is 2. The monoisotopic (exact) mass is 350 g/mol. The Morgan fingerprint density at radius 3 is 2.74 bits per heavy atom. The zero-order valence-electron chi connectivity index (χ0n) is 12.0. The predicted molar refractivity (Wildman–Crippen MR) is 90.8 cm³/mol. The number of carbonyl (C=O) groups is 1. The molecule has 0 aliphatic heterocycles. The fraction of sp³-hybridized carbons (Fsp3) is 0.118. The van der Waals surface area contributed by atoms with Gasteiger partial charge in [0.2, 0.25) is 0 Å². The lowest BCUT2D eigenvalue weighted by molar-refractivity contribution is 0.0954. The van der Waals surface area contributed by atoms with Crippen LogP contribution in [0.1, 0.15) is 15.9 Å². The van der Waals surface area contributed by atoms with Crippen molar-refractivity contribution in [3.05, 3.63) is 69.6 Å². The van der Waals surface area contributed by atoms with Gasteiger partial charge >= 0.3 is 0 Å². The van der Waals surface area contributed by atoms with Crippen LogP contribution < -0.4 is 5.32 Å². The molecule has 0 aliphatic rings. The minimum atomic E-state index is -0.279. The number of fused-ring (bicyclic) bond motifs is 1. The molecule has 1 amide bonds. The maximum atomic E-state index is 13.2. The zero-order valence-corrected chi connectivity index (χ0v) is 13.5. The minimum Gasteiger partial charge on any atom is -0.361 e. The van der Waals surface area contributed by atoms with E-state index < -0.39 is 0 Å². The summed E-state index contributed by atoms with van der Waals surface area (Å²) in [5.41, 5.74) is 2.23. The van der Waals surface area contributed by atoms with E-state index in [9.17, 15) is 9.18 Å². The van der Waals surface area contributed by atoms with Crippen molar-refractivity contribution in [2.45, 2.75) is 6.42 Å². The molecule has 0 spiro atoms. The molecule has 0 unspecified atom stereocenters. The molecule has 2 N–H and O–H groups in total. The van der Waals surface area contributed by atoms with Gasteiger partial charge in [-0.1, -0.05) is 23.2 Å². The number of nitrogens with one attached hydrogen (secondary N) is 2. The number of rotatable bonds is 4. The largest absolute Gasteiger partial charge is 0.361 e. The van der Waals surface area contributed by atoms with Gasteiger partial charge in [0.1, 0.15) is 5.82 Å². The third-order valence-corrected chi connectivity index (χ3v) is 4.33. The molecule has 0 radical (unpaired) electrons. The summed E-state index contributed by atoms with van der Waals surface area (Å²) >= 11 is 11.7. The smallest absolute Gasteiger partial charge is 0.251 e. The summed E-state index contributed by atoms with van der Waals surface area (Å²) in [5.74, 6) is -0.492. The van der Waals surface area contributed by atoms with Crippen LogP contribution in [-0.2, 0) is 6.42 Å². The topological polar surface area (TPSA) is 44.9 Å². The standard InChI is InChI=1S/C17H13Cl2FN2O/c18-14-4-1-10(7-15(14)19)17(23)21-6-5-11-9-22-16-8-12(20)2-3-13(11)16/h1-4,7-9,22H,5-6H2,(H,21,23). The molecule has 118 valence electrons. The molecule has 1 heterocycles. The molecule has 0 bridgehead atoms. The van der Waals surface area contributed by atoms with Crippen LogP contribution >= 0.6 is 23.2 Å². The molecule has 0 saturated carbocycles. The van der Waals surface area contributed by atoms with Gasteiger partial charge in [0.15, 0.2) is 0 Å². The SMILES string of the molecule is O=C(NCCc1c[nH]c2cc(F)ccc12)c1ccc(Cl)c(Cl)c1. The molecule has 3 rings (SSSR count). The molecule has 0 atom stereocenters. The van der Waals surface area contributed by atoms with Crippen molar-refractivity contribution in [1.29, 1.82) is 0 Å². The van der Waals surface area contributed by atoms with E-state index in [1.807, 2.05) is 6.20 Å². The van der Waals surface area contributed by atoms with Crippen molar-refractivity contribution in [3.63, 3.8) is 0 Å². The van der Waals surface area contributed by atoms with Crippen LogP contribution in [0.5, 0.6) is 0 Å². The van der Waals surface area contributed by atoms with Crippen LogP contribution in [-0.4, -0.2) is 17.4 Å². The van der Waals surface area contributed by atoms with Crippen LogP contribution in [0.2, 0.25) is 10.0 Å². The third kappa shape index (κ3) is 3.49. The van der Waals surface area contributed by atoms with Crippen LogP contribution in [0.3, 0.4) is 0 Å². The maximum absolute atomic E-state index is 13.2. The van der Waals surface area contributed by atoms with E-state index in [1.54, 1.807) is 18.2 Å². The maximum Gasteiger partial charge on any atom is 0.251 e. The second-order valence-electron chi connectivity index (χ2n) is 5.14. The summed E-state index contributed by atoms with van der Waals surface area (Å²) < 4.78 is 13.2. The molecule has 0 aliphatic carbocycles. The molecular formula is C17H13Cl2FN2O. The van der Waals surface area contributed by atoms with Gasteiger partial charge in [-0.25, -0.2) is 4.39 Å². The normalized spacial score (nSPS) is 10.9. The van der Waals surface area contributed by atoms with Gasteiger partial charge in [0, 0.05) is 29.2 Å². The summed E-state index contributed by atoms with van der Waals surface area (Å²) in [7, 11) is 0. The number of hydrogen-bond acceptors (Lipinski definition) is 1. The second kappa shape index (κ2) is 6.60. The van der Waals surface area contributed by atoms with E-state index in [-0.39, 0.29) is 11.7 Å².